The maximum atomic E-state index is 11.5. The predicted molar refractivity (Wildman–Crippen MR) is 61.5 cm³/mol. The highest BCUT2D eigenvalue weighted by molar-refractivity contribution is 6.42. The number of ketones is 1. The van der Waals surface area contributed by atoms with Crippen LogP contribution in [0.5, 0.6) is 5.75 Å². The Bertz CT molecular complexity index is 694. The molecule has 0 spiro atoms. The molecule has 0 aliphatic rings. The number of nitrogens with zero attached hydrogens (tertiary/aromatic N) is 1. The number of methoxy groups -OCH3 is 1. The number of hydrogen-bond acceptors (Lipinski definition) is 4. The summed E-state index contributed by atoms with van der Waals surface area (Å²) in [5, 5.41) is 18.0. The lowest BCUT2D eigenvalue weighted by Crippen LogP contribution is -2.12. The zero-order valence-corrected chi connectivity index (χ0v) is 9.35. The Balaban J connectivity index is 2.82. The van der Waals surface area contributed by atoms with Gasteiger partial charge in [0, 0.05) is 6.20 Å². The third-order valence-electron chi connectivity index (χ3n) is 2.58. The van der Waals surface area contributed by atoms with Crippen molar-refractivity contribution >= 4 is 22.7 Å². The second kappa shape index (κ2) is 4.22. The number of ether oxygens (including phenoxy) is 1. The van der Waals surface area contributed by atoms with E-state index in [0.29, 0.717) is 22.2 Å². The van der Waals surface area contributed by atoms with Gasteiger partial charge in [0.05, 0.1) is 29.1 Å². The Hall–Kier alpha value is -2.81. The number of Topliss-reactive ketones (excluding diaryl/α,β-unsaturated/α-hetero) is 1. The second-order valence-corrected chi connectivity index (χ2v) is 3.51. The molecule has 2 rings (SSSR count). The van der Waals surface area contributed by atoms with Gasteiger partial charge in [-0.3, -0.25) is 4.79 Å². The molecule has 1 aromatic heterocycles. The van der Waals surface area contributed by atoms with Gasteiger partial charge in [0.25, 0.3) is 5.78 Å². The number of carboxylic acid groups (broad SMARTS) is 1. The average Bonchev–Trinajstić information content (AvgIpc) is 2.81. The van der Waals surface area contributed by atoms with Crippen molar-refractivity contribution in [3.63, 3.8) is 0 Å². The number of nitrogens with one attached hydrogen (secondary N) is 1. The summed E-state index contributed by atoms with van der Waals surface area (Å²) in [6, 6.07) is 5.01. The van der Waals surface area contributed by atoms with Crippen LogP contribution in [-0.2, 0) is 4.79 Å². The summed E-state index contributed by atoms with van der Waals surface area (Å²) in [5.41, 5.74) is 0.683. The highest BCUT2D eigenvalue weighted by Crippen LogP contribution is 2.31. The van der Waals surface area contributed by atoms with Gasteiger partial charge >= 0.3 is 5.97 Å². The normalized spacial score (nSPS) is 10.0. The molecule has 2 aromatic rings. The number of nitriles is 1. The van der Waals surface area contributed by atoms with Crippen molar-refractivity contribution in [2.75, 3.05) is 7.11 Å². The Morgan fingerprint density at radius 1 is 1.44 bits per heavy atom. The summed E-state index contributed by atoms with van der Waals surface area (Å²) in [5.74, 6) is -2.26. The Morgan fingerprint density at radius 3 is 2.72 bits per heavy atom. The lowest BCUT2D eigenvalue weighted by atomic mass is 10.1. The minimum atomic E-state index is -1.56. The quantitative estimate of drug-likeness (QED) is 0.626. The third-order valence-corrected chi connectivity index (χ3v) is 2.58. The van der Waals surface area contributed by atoms with Gasteiger partial charge in [-0.05, 0) is 12.1 Å². The van der Waals surface area contributed by atoms with Crippen molar-refractivity contribution < 1.29 is 19.4 Å². The lowest BCUT2D eigenvalue weighted by molar-refractivity contribution is -0.131. The van der Waals surface area contributed by atoms with Gasteiger partial charge in [0.2, 0.25) is 0 Å². The maximum Gasteiger partial charge on any atom is 0.377 e. The maximum absolute atomic E-state index is 11.5. The van der Waals surface area contributed by atoms with Gasteiger partial charge in [-0.2, -0.15) is 5.26 Å². The van der Waals surface area contributed by atoms with Gasteiger partial charge in [0.1, 0.15) is 11.8 Å². The first kappa shape index (κ1) is 11.7. The summed E-state index contributed by atoms with van der Waals surface area (Å²) >= 11 is 0. The first-order valence-electron chi connectivity index (χ1n) is 4.96. The van der Waals surface area contributed by atoms with Gasteiger partial charge in [-0.25, -0.2) is 4.79 Å². The van der Waals surface area contributed by atoms with Crippen LogP contribution in [0.1, 0.15) is 15.9 Å². The van der Waals surface area contributed by atoms with Gasteiger partial charge in [-0.1, -0.05) is 0 Å². The van der Waals surface area contributed by atoms with E-state index < -0.39 is 11.8 Å². The molecule has 18 heavy (non-hydrogen) atoms. The van der Waals surface area contributed by atoms with Crippen molar-refractivity contribution in [2.24, 2.45) is 0 Å². The van der Waals surface area contributed by atoms with Crippen LogP contribution in [0.25, 0.3) is 10.9 Å². The summed E-state index contributed by atoms with van der Waals surface area (Å²) in [7, 11) is 1.41. The van der Waals surface area contributed by atoms with E-state index in [2.05, 4.69) is 4.98 Å². The zero-order valence-electron chi connectivity index (χ0n) is 9.35. The molecule has 0 saturated carbocycles. The topological polar surface area (TPSA) is 103 Å². The smallest absolute Gasteiger partial charge is 0.377 e. The number of H-pyrrole nitrogens is 1. The largest absolute Gasteiger partial charge is 0.496 e. The molecule has 1 heterocycles. The number of carbonyl (C=O) groups is 2. The molecule has 0 atom stereocenters. The van der Waals surface area contributed by atoms with Crippen LogP contribution in [0.4, 0.5) is 0 Å². The van der Waals surface area contributed by atoms with Crippen LogP contribution in [0.15, 0.2) is 18.3 Å². The predicted octanol–water partition coefficient (Wildman–Crippen LogP) is 1.32. The molecule has 0 radical (unpaired) electrons. The molecule has 0 saturated heterocycles. The Labute approximate surface area is 101 Å². The van der Waals surface area contributed by atoms with E-state index in [0.717, 1.165) is 0 Å². The molecule has 6 nitrogen and oxygen atoms in total. The van der Waals surface area contributed by atoms with Crippen LogP contribution >= 0.6 is 0 Å². The fourth-order valence-corrected chi connectivity index (χ4v) is 1.77. The average molecular weight is 244 g/mol. The molecule has 0 aliphatic heterocycles. The van der Waals surface area contributed by atoms with Crippen molar-refractivity contribution in [1.82, 2.24) is 4.98 Å². The zero-order chi connectivity index (χ0) is 13.3. The molecule has 0 aliphatic carbocycles. The van der Waals surface area contributed by atoms with E-state index in [1.807, 2.05) is 6.07 Å². The molecule has 90 valence electrons. The monoisotopic (exact) mass is 244 g/mol. The highest BCUT2D eigenvalue weighted by Gasteiger charge is 2.22. The number of carboxylic acids is 1. The van der Waals surface area contributed by atoms with Gasteiger partial charge in [0.15, 0.2) is 0 Å². The van der Waals surface area contributed by atoms with Crippen molar-refractivity contribution in [2.45, 2.75) is 0 Å². The highest BCUT2D eigenvalue weighted by atomic mass is 16.5. The molecular weight excluding hydrogens is 236 g/mol. The third kappa shape index (κ3) is 1.58. The Morgan fingerprint density at radius 2 is 2.17 bits per heavy atom. The van der Waals surface area contributed by atoms with E-state index in [1.54, 1.807) is 0 Å². The number of fused-ring (bicyclic) bond motifs is 1. The number of carbonyl (C=O) groups excluding carboxylic acids is 1. The van der Waals surface area contributed by atoms with E-state index >= 15 is 0 Å². The van der Waals surface area contributed by atoms with Crippen LogP contribution in [0.2, 0.25) is 0 Å². The van der Waals surface area contributed by atoms with E-state index in [4.69, 9.17) is 15.1 Å². The number of hydrogen-bond donors (Lipinski definition) is 2. The van der Waals surface area contributed by atoms with Crippen molar-refractivity contribution in [3.05, 3.63) is 29.5 Å². The molecule has 0 unspecified atom stereocenters. The number of aromatic nitrogens is 1. The van der Waals surface area contributed by atoms with Gasteiger partial charge < -0.3 is 14.8 Å². The molecule has 6 heteroatoms. The summed E-state index contributed by atoms with van der Waals surface area (Å²) in [6.45, 7) is 0. The molecular formula is C12H8N2O4. The number of benzene rings is 1. The fourth-order valence-electron chi connectivity index (χ4n) is 1.77. The minimum Gasteiger partial charge on any atom is -0.496 e. The van der Waals surface area contributed by atoms with Crippen LogP contribution in [0.3, 0.4) is 0 Å². The molecule has 1 aromatic carbocycles. The second-order valence-electron chi connectivity index (χ2n) is 3.51. The van der Waals surface area contributed by atoms with E-state index in [9.17, 15) is 9.59 Å². The standard InChI is InChI=1S/C12H8N2O4/c1-18-8-3-2-6(4-13)10-9(8)7(5-14-10)11(15)12(16)17/h2-3,5,14H,1H3,(H,16,17). The SMILES string of the molecule is COc1ccc(C#N)c2[nH]cc(C(=O)C(=O)O)c12. The lowest BCUT2D eigenvalue weighted by Gasteiger charge is -2.04. The number of aromatic amines is 1. The van der Waals surface area contributed by atoms with Crippen LogP contribution in [0, 0.1) is 11.3 Å². The molecule has 0 fully saturated rings. The van der Waals surface area contributed by atoms with E-state index in [1.165, 1.54) is 25.4 Å². The van der Waals surface area contributed by atoms with E-state index in [-0.39, 0.29) is 5.56 Å². The minimum absolute atomic E-state index is 0.0218. The van der Waals surface area contributed by atoms with Crippen molar-refractivity contribution in [3.8, 4) is 11.8 Å². The summed E-state index contributed by atoms with van der Waals surface area (Å²) in [6.07, 6.45) is 1.27. The molecule has 0 bridgehead atoms. The molecule has 0 amide bonds. The van der Waals surface area contributed by atoms with Crippen LogP contribution < -0.4 is 4.74 Å². The summed E-state index contributed by atoms with van der Waals surface area (Å²) in [4.78, 5) is 25.0. The summed E-state index contributed by atoms with van der Waals surface area (Å²) < 4.78 is 5.08. The first-order valence-corrected chi connectivity index (χ1v) is 4.96. The Kier molecular flexibility index (Phi) is 2.73. The van der Waals surface area contributed by atoms with Gasteiger partial charge in [-0.15, -0.1) is 0 Å². The number of rotatable bonds is 3. The van der Waals surface area contributed by atoms with Crippen molar-refractivity contribution in [1.29, 1.82) is 5.26 Å². The first-order chi connectivity index (χ1) is 8.60. The fraction of sp³-hybridized carbons (Fsp3) is 0.0833. The van der Waals surface area contributed by atoms with Crippen LogP contribution in [-0.4, -0.2) is 29.0 Å². The number of aliphatic carboxylic acids is 1. The molecule has 2 N–H and O–H groups in total.